The predicted octanol–water partition coefficient (Wildman–Crippen LogP) is 1.44. The van der Waals surface area contributed by atoms with Crippen LogP contribution in [0.5, 0.6) is 5.75 Å². The minimum atomic E-state index is -3.49. The summed E-state index contributed by atoms with van der Waals surface area (Å²) < 4.78 is 32.4. The maximum absolute atomic E-state index is 12.6. The van der Waals surface area contributed by atoms with Gasteiger partial charge in [0.05, 0.1) is 12.0 Å². The van der Waals surface area contributed by atoms with Crippen LogP contribution in [0.1, 0.15) is 6.42 Å². The number of benzene rings is 1. The quantitative estimate of drug-likeness (QED) is 0.894. The third-order valence-electron chi connectivity index (χ3n) is 3.31. The normalized spacial score (nSPS) is 19.9. The molecule has 0 spiro atoms. The van der Waals surface area contributed by atoms with Crippen molar-refractivity contribution in [3.63, 3.8) is 0 Å². The van der Waals surface area contributed by atoms with Gasteiger partial charge in [0, 0.05) is 30.2 Å². The van der Waals surface area contributed by atoms with Crippen molar-refractivity contribution in [2.75, 3.05) is 27.2 Å². The van der Waals surface area contributed by atoms with Crippen molar-refractivity contribution in [3.05, 3.63) is 22.7 Å². The van der Waals surface area contributed by atoms with Crippen LogP contribution in [-0.4, -0.2) is 46.0 Å². The molecule has 19 heavy (non-hydrogen) atoms. The second-order valence-corrected chi connectivity index (χ2v) is 7.41. The van der Waals surface area contributed by atoms with E-state index in [0.29, 0.717) is 16.8 Å². The third-order valence-corrected chi connectivity index (χ3v) is 5.65. The van der Waals surface area contributed by atoms with Gasteiger partial charge in [-0.15, -0.1) is 0 Å². The van der Waals surface area contributed by atoms with Crippen LogP contribution in [0.4, 0.5) is 0 Å². The topological polar surface area (TPSA) is 58.6 Å². The summed E-state index contributed by atoms with van der Waals surface area (Å²) in [6, 6.07) is 4.88. The van der Waals surface area contributed by atoms with Gasteiger partial charge in [-0.05, 0) is 25.1 Å². The fraction of sp³-hybridized carbons (Fsp3) is 0.500. The molecule has 1 aromatic rings. The number of hydrogen-bond acceptors (Lipinski definition) is 4. The first-order valence-electron chi connectivity index (χ1n) is 5.98. The molecule has 7 heteroatoms. The first-order valence-corrected chi connectivity index (χ1v) is 8.22. The van der Waals surface area contributed by atoms with Gasteiger partial charge in [0.1, 0.15) is 5.75 Å². The highest BCUT2D eigenvalue weighted by Crippen LogP contribution is 2.27. The lowest BCUT2D eigenvalue weighted by atomic mass is 10.3. The molecule has 1 aliphatic heterocycles. The van der Waals surface area contributed by atoms with Gasteiger partial charge < -0.3 is 10.1 Å². The van der Waals surface area contributed by atoms with Gasteiger partial charge in [0.25, 0.3) is 0 Å². The smallest absolute Gasteiger partial charge is 0.243 e. The molecule has 0 saturated carbocycles. The van der Waals surface area contributed by atoms with E-state index < -0.39 is 10.0 Å². The van der Waals surface area contributed by atoms with E-state index in [1.165, 1.54) is 11.4 Å². The lowest BCUT2D eigenvalue weighted by Gasteiger charge is -2.23. The number of rotatable bonds is 4. The second kappa shape index (κ2) is 5.78. The Morgan fingerprint density at radius 2 is 2.16 bits per heavy atom. The van der Waals surface area contributed by atoms with Crippen LogP contribution in [0.25, 0.3) is 0 Å². The number of ether oxygens (including phenoxy) is 1. The fourth-order valence-electron chi connectivity index (χ4n) is 2.12. The van der Waals surface area contributed by atoms with Gasteiger partial charge in [-0.25, -0.2) is 8.42 Å². The molecular formula is C12H17BrN2O3S. The number of nitrogens with one attached hydrogen (secondary N) is 1. The van der Waals surface area contributed by atoms with Gasteiger partial charge in [-0.1, -0.05) is 15.9 Å². The van der Waals surface area contributed by atoms with Crippen LogP contribution in [0.15, 0.2) is 27.6 Å². The zero-order chi connectivity index (χ0) is 14.0. The Balaban J connectivity index is 2.35. The molecule has 1 saturated heterocycles. The van der Waals surface area contributed by atoms with E-state index >= 15 is 0 Å². The van der Waals surface area contributed by atoms with E-state index in [1.807, 2.05) is 0 Å². The molecule has 0 aromatic heterocycles. The van der Waals surface area contributed by atoms with Crippen LogP contribution >= 0.6 is 15.9 Å². The molecule has 1 aliphatic rings. The first-order chi connectivity index (χ1) is 8.95. The molecule has 0 bridgehead atoms. The summed E-state index contributed by atoms with van der Waals surface area (Å²) in [4.78, 5) is 0.244. The first kappa shape index (κ1) is 14.8. The fourth-order valence-corrected chi connectivity index (χ4v) is 4.19. The summed E-state index contributed by atoms with van der Waals surface area (Å²) in [5, 5.41) is 3.17. The molecule has 0 amide bonds. The molecule has 2 rings (SSSR count). The summed E-state index contributed by atoms with van der Waals surface area (Å²) >= 11 is 3.30. The molecule has 1 heterocycles. The van der Waals surface area contributed by atoms with Crippen LogP contribution in [0.2, 0.25) is 0 Å². The second-order valence-electron chi connectivity index (χ2n) is 4.49. The lowest BCUT2D eigenvalue weighted by molar-refractivity contribution is 0.386. The molecule has 1 atom stereocenters. The molecule has 1 N–H and O–H groups in total. The highest BCUT2D eigenvalue weighted by atomic mass is 79.9. The monoisotopic (exact) mass is 348 g/mol. The predicted molar refractivity (Wildman–Crippen MR) is 76.9 cm³/mol. The third kappa shape index (κ3) is 3.10. The molecule has 5 nitrogen and oxygen atoms in total. The number of halogens is 1. The summed E-state index contributed by atoms with van der Waals surface area (Å²) in [5.74, 6) is 0.519. The maximum Gasteiger partial charge on any atom is 0.243 e. The average molecular weight is 349 g/mol. The summed E-state index contributed by atoms with van der Waals surface area (Å²) in [7, 11) is -0.352. The maximum atomic E-state index is 12.6. The summed E-state index contributed by atoms with van der Waals surface area (Å²) in [6.45, 7) is 1.55. The summed E-state index contributed by atoms with van der Waals surface area (Å²) in [6.07, 6.45) is 0.834. The number of methoxy groups -OCH3 is 1. The molecule has 106 valence electrons. The molecular weight excluding hydrogens is 332 g/mol. The van der Waals surface area contributed by atoms with Gasteiger partial charge in [0.15, 0.2) is 0 Å². The standard InChI is InChI=1S/C12H17BrN2O3S/c1-15(10-3-4-14-8-10)19(16,17)12-6-9(13)5-11(7-12)18-2/h5-7,10,14H,3-4,8H2,1-2H3. The Labute approximate surface area is 122 Å². The number of likely N-dealkylation sites (N-methyl/N-ethyl adjacent to an activating group) is 1. The number of hydrogen-bond donors (Lipinski definition) is 1. The Hall–Kier alpha value is -0.630. The van der Waals surface area contributed by atoms with Crippen molar-refractivity contribution < 1.29 is 13.2 Å². The highest BCUT2D eigenvalue weighted by Gasteiger charge is 2.30. The van der Waals surface area contributed by atoms with Crippen molar-refractivity contribution in [1.82, 2.24) is 9.62 Å². The van der Waals surface area contributed by atoms with Crippen LogP contribution in [-0.2, 0) is 10.0 Å². The van der Waals surface area contributed by atoms with Crippen molar-refractivity contribution in [2.24, 2.45) is 0 Å². The van der Waals surface area contributed by atoms with E-state index in [0.717, 1.165) is 13.0 Å². The van der Waals surface area contributed by atoms with Crippen LogP contribution in [0.3, 0.4) is 0 Å². The van der Waals surface area contributed by atoms with Gasteiger partial charge in [0.2, 0.25) is 10.0 Å². The molecule has 0 radical (unpaired) electrons. The lowest BCUT2D eigenvalue weighted by Crippen LogP contribution is -2.38. The number of nitrogens with zero attached hydrogens (tertiary/aromatic N) is 1. The zero-order valence-electron chi connectivity index (χ0n) is 10.9. The highest BCUT2D eigenvalue weighted by molar-refractivity contribution is 9.10. The van der Waals surface area contributed by atoms with Gasteiger partial charge >= 0.3 is 0 Å². The Kier molecular flexibility index (Phi) is 4.50. The Morgan fingerprint density at radius 3 is 2.74 bits per heavy atom. The molecule has 0 aliphatic carbocycles. The van der Waals surface area contributed by atoms with Crippen molar-refractivity contribution in [2.45, 2.75) is 17.4 Å². The summed E-state index contributed by atoms with van der Waals surface area (Å²) in [5.41, 5.74) is 0. The Morgan fingerprint density at radius 1 is 1.42 bits per heavy atom. The SMILES string of the molecule is COc1cc(Br)cc(S(=O)(=O)N(C)C2CCNC2)c1. The zero-order valence-corrected chi connectivity index (χ0v) is 13.3. The minimum absolute atomic E-state index is 0.00924. The van der Waals surface area contributed by atoms with Gasteiger partial charge in [-0.2, -0.15) is 4.31 Å². The van der Waals surface area contributed by atoms with E-state index in [-0.39, 0.29) is 10.9 Å². The van der Waals surface area contributed by atoms with Gasteiger partial charge in [-0.3, -0.25) is 0 Å². The van der Waals surface area contributed by atoms with Crippen molar-refractivity contribution in [1.29, 1.82) is 0 Å². The van der Waals surface area contributed by atoms with E-state index in [9.17, 15) is 8.42 Å². The van der Waals surface area contributed by atoms with Crippen LogP contribution in [0, 0.1) is 0 Å². The van der Waals surface area contributed by atoms with Crippen molar-refractivity contribution >= 4 is 26.0 Å². The Bertz CT molecular complexity index is 556. The van der Waals surface area contributed by atoms with Crippen LogP contribution < -0.4 is 10.1 Å². The minimum Gasteiger partial charge on any atom is -0.497 e. The molecule has 1 aromatic carbocycles. The van der Waals surface area contributed by atoms with E-state index in [2.05, 4.69) is 21.2 Å². The molecule has 1 unspecified atom stereocenters. The average Bonchev–Trinajstić information content (AvgIpc) is 2.90. The van der Waals surface area contributed by atoms with Crippen molar-refractivity contribution in [3.8, 4) is 5.75 Å². The van der Waals surface area contributed by atoms with E-state index in [4.69, 9.17) is 4.74 Å². The number of sulfonamides is 1. The largest absolute Gasteiger partial charge is 0.497 e. The van der Waals surface area contributed by atoms with E-state index in [1.54, 1.807) is 25.2 Å². The molecule has 1 fully saturated rings.